The smallest absolute Gasteiger partial charge is 0.248 e. The molecule has 32 heavy (non-hydrogen) atoms. The Hall–Kier alpha value is -3.78. The normalized spacial score (nSPS) is 11.2. The zero-order valence-electron chi connectivity index (χ0n) is 17.6. The largest absolute Gasteiger partial charge is 0.348 e. The molecule has 0 aliphatic heterocycles. The van der Waals surface area contributed by atoms with Gasteiger partial charge in [-0.05, 0) is 49.4 Å². The van der Waals surface area contributed by atoms with Crippen LogP contribution in [0.3, 0.4) is 0 Å². The average molecular weight is 449 g/mol. The average Bonchev–Trinajstić information content (AvgIpc) is 3.40. The lowest BCUT2D eigenvalue weighted by molar-refractivity contribution is -0.116. The minimum absolute atomic E-state index is 0.134. The van der Waals surface area contributed by atoms with Crippen LogP contribution in [0.4, 0.5) is 20.9 Å². The Balaban J connectivity index is 1.48. The molecule has 2 aromatic carbocycles. The summed E-state index contributed by atoms with van der Waals surface area (Å²) in [4.78, 5) is 30.1. The van der Waals surface area contributed by atoms with Gasteiger partial charge in [-0.15, -0.1) is 11.3 Å². The van der Waals surface area contributed by atoms with Gasteiger partial charge in [0.1, 0.15) is 5.82 Å². The first-order valence-corrected chi connectivity index (χ1v) is 10.9. The fourth-order valence-electron chi connectivity index (χ4n) is 3.39. The predicted octanol–water partition coefficient (Wildman–Crippen LogP) is 5.59. The number of aromatic nitrogens is 2. The standard InChI is InChI=1S/C24H21FN4O2S/c1-3-28-13-12-17-14-18(8-10-21(17)28)26-23(31)11-9-19-15-32-24(27-19)29(16(2)30)22-7-5-4-6-20(22)25/h4-15H,3H2,1-2H3,(H,26,31)/b11-9-. The minimum atomic E-state index is -0.513. The van der Waals surface area contributed by atoms with Crippen molar-refractivity contribution >= 4 is 56.6 Å². The van der Waals surface area contributed by atoms with E-state index in [1.165, 1.54) is 41.4 Å². The van der Waals surface area contributed by atoms with E-state index in [1.54, 1.807) is 23.6 Å². The molecule has 2 aromatic heterocycles. The van der Waals surface area contributed by atoms with Crippen LogP contribution in [0.1, 0.15) is 19.5 Å². The molecule has 0 aliphatic rings. The number of hydrogen-bond donors (Lipinski definition) is 1. The van der Waals surface area contributed by atoms with Crippen molar-refractivity contribution in [2.75, 3.05) is 10.2 Å². The Morgan fingerprint density at radius 2 is 2.03 bits per heavy atom. The summed E-state index contributed by atoms with van der Waals surface area (Å²) in [5.74, 6) is -1.17. The Morgan fingerprint density at radius 3 is 2.78 bits per heavy atom. The molecule has 0 aliphatic carbocycles. The minimum Gasteiger partial charge on any atom is -0.348 e. The van der Waals surface area contributed by atoms with Gasteiger partial charge in [0.2, 0.25) is 11.8 Å². The van der Waals surface area contributed by atoms with Gasteiger partial charge in [0.25, 0.3) is 0 Å². The zero-order chi connectivity index (χ0) is 22.7. The third-order valence-corrected chi connectivity index (χ3v) is 5.74. The molecule has 0 spiro atoms. The number of amides is 2. The highest BCUT2D eigenvalue weighted by atomic mass is 32.1. The maximum Gasteiger partial charge on any atom is 0.248 e. The molecule has 0 saturated carbocycles. The van der Waals surface area contributed by atoms with Gasteiger partial charge >= 0.3 is 0 Å². The first-order chi connectivity index (χ1) is 15.5. The van der Waals surface area contributed by atoms with Gasteiger partial charge in [-0.2, -0.15) is 0 Å². The van der Waals surface area contributed by atoms with Crippen molar-refractivity contribution in [2.24, 2.45) is 0 Å². The fourth-order valence-corrected chi connectivity index (χ4v) is 4.24. The van der Waals surface area contributed by atoms with E-state index in [0.717, 1.165) is 17.4 Å². The zero-order valence-corrected chi connectivity index (χ0v) is 18.4. The number of carbonyl (C=O) groups excluding carboxylic acids is 2. The number of nitrogens with one attached hydrogen (secondary N) is 1. The number of halogens is 1. The van der Waals surface area contributed by atoms with Crippen LogP contribution in [0, 0.1) is 5.82 Å². The quantitative estimate of drug-likeness (QED) is 0.391. The van der Waals surface area contributed by atoms with Crippen molar-refractivity contribution in [3.8, 4) is 0 Å². The topological polar surface area (TPSA) is 67.2 Å². The summed E-state index contributed by atoms with van der Waals surface area (Å²) in [5, 5.41) is 5.92. The number of para-hydroxylation sites is 1. The Bertz CT molecular complexity index is 1320. The van der Waals surface area contributed by atoms with Crippen LogP contribution in [0.5, 0.6) is 0 Å². The van der Waals surface area contributed by atoms with Crippen LogP contribution < -0.4 is 10.2 Å². The number of nitrogens with zero attached hydrogens (tertiary/aromatic N) is 3. The molecule has 4 aromatic rings. The molecule has 0 radical (unpaired) electrons. The highest BCUT2D eigenvalue weighted by molar-refractivity contribution is 7.14. The van der Waals surface area contributed by atoms with Crippen molar-refractivity contribution < 1.29 is 14.0 Å². The molecule has 4 rings (SSSR count). The van der Waals surface area contributed by atoms with Gasteiger partial charge in [0.15, 0.2) is 5.13 Å². The molecule has 2 amide bonds. The summed E-state index contributed by atoms with van der Waals surface area (Å²) in [6.45, 7) is 4.31. The lowest BCUT2D eigenvalue weighted by Gasteiger charge is -2.18. The van der Waals surface area contributed by atoms with Crippen LogP contribution in [0.25, 0.3) is 17.0 Å². The summed E-state index contributed by atoms with van der Waals surface area (Å²) in [6, 6.07) is 13.8. The molecule has 6 nitrogen and oxygen atoms in total. The summed E-state index contributed by atoms with van der Waals surface area (Å²) < 4.78 is 16.3. The Kier molecular flexibility index (Phi) is 6.13. The number of thiazole rings is 1. The third kappa shape index (κ3) is 4.45. The summed E-state index contributed by atoms with van der Waals surface area (Å²) in [6.07, 6.45) is 4.95. The summed E-state index contributed by atoms with van der Waals surface area (Å²) >= 11 is 1.19. The number of hydrogen-bond acceptors (Lipinski definition) is 4. The lowest BCUT2D eigenvalue weighted by Crippen LogP contribution is -2.23. The van der Waals surface area contributed by atoms with Gasteiger partial charge in [-0.1, -0.05) is 12.1 Å². The van der Waals surface area contributed by atoms with E-state index in [-0.39, 0.29) is 17.5 Å². The van der Waals surface area contributed by atoms with Crippen LogP contribution in [-0.4, -0.2) is 21.4 Å². The SMILES string of the molecule is CCn1ccc2cc(NC(=O)/C=C\c3csc(N(C(C)=O)c4ccccc4F)n3)ccc21. The van der Waals surface area contributed by atoms with Crippen LogP contribution in [0.15, 0.2) is 66.2 Å². The summed E-state index contributed by atoms with van der Waals surface area (Å²) in [7, 11) is 0. The second kappa shape index (κ2) is 9.15. The number of rotatable bonds is 6. The maximum atomic E-state index is 14.2. The van der Waals surface area contributed by atoms with E-state index in [1.807, 2.05) is 30.5 Å². The fraction of sp³-hybridized carbons (Fsp3) is 0.125. The van der Waals surface area contributed by atoms with E-state index in [0.29, 0.717) is 16.5 Å². The van der Waals surface area contributed by atoms with Crippen molar-refractivity contribution in [1.82, 2.24) is 9.55 Å². The molecule has 0 bridgehead atoms. The van der Waals surface area contributed by atoms with Crippen molar-refractivity contribution in [3.63, 3.8) is 0 Å². The molecule has 1 N–H and O–H groups in total. The molecule has 8 heteroatoms. The van der Waals surface area contributed by atoms with Crippen LogP contribution in [0.2, 0.25) is 0 Å². The van der Waals surface area contributed by atoms with Gasteiger partial charge in [-0.3, -0.25) is 14.5 Å². The van der Waals surface area contributed by atoms with Gasteiger partial charge < -0.3 is 9.88 Å². The van der Waals surface area contributed by atoms with Crippen molar-refractivity contribution in [1.29, 1.82) is 0 Å². The molecule has 162 valence electrons. The first kappa shape index (κ1) is 21.5. The van der Waals surface area contributed by atoms with Gasteiger partial charge in [0.05, 0.1) is 11.4 Å². The molecular weight excluding hydrogens is 427 g/mol. The number of aryl methyl sites for hydroxylation is 1. The molecule has 0 unspecified atom stereocenters. The molecule has 0 fully saturated rings. The number of fused-ring (bicyclic) bond motifs is 1. The monoisotopic (exact) mass is 448 g/mol. The van der Waals surface area contributed by atoms with Gasteiger partial charge in [0, 0.05) is 47.7 Å². The van der Waals surface area contributed by atoms with Crippen LogP contribution in [-0.2, 0) is 16.1 Å². The second-order valence-corrected chi connectivity index (χ2v) is 7.90. The molecule has 0 atom stereocenters. The molecule has 0 saturated heterocycles. The number of benzene rings is 2. The van der Waals surface area contributed by atoms with Crippen molar-refractivity contribution in [3.05, 3.63) is 77.7 Å². The van der Waals surface area contributed by atoms with Crippen molar-refractivity contribution in [2.45, 2.75) is 20.4 Å². The Morgan fingerprint density at radius 1 is 1.22 bits per heavy atom. The van der Waals surface area contributed by atoms with E-state index in [9.17, 15) is 14.0 Å². The molecular formula is C24H21FN4O2S. The van der Waals surface area contributed by atoms with Gasteiger partial charge in [-0.25, -0.2) is 9.37 Å². The van der Waals surface area contributed by atoms with E-state index in [4.69, 9.17) is 0 Å². The third-order valence-electron chi connectivity index (χ3n) is 4.89. The predicted molar refractivity (Wildman–Crippen MR) is 127 cm³/mol. The highest BCUT2D eigenvalue weighted by Crippen LogP contribution is 2.31. The van der Waals surface area contributed by atoms with E-state index < -0.39 is 5.82 Å². The first-order valence-electron chi connectivity index (χ1n) is 10.0. The summed E-state index contributed by atoms with van der Waals surface area (Å²) in [5.41, 5.74) is 2.44. The Labute approximate surface area is 188 Å². The van der Waals surface area contributed by atoms with E-state index >= 15 is 0 Å². The second-order valence-electron chi connectivity index (χ2n) is 7.06. The maximum absolute atomic E-state index is 14.2. The van der Waals surface area contributed by atoms with Crippen LogP contribution >= 0.6 is 11.3 Å². The molecule has 2 heterocycles. The number of carbonyl (C=O) groups is 2. The number of anilines is 3. The lowest BCUT2D eigenvalue weighted by atomic mass is 10.2. The van der Waals surface area contributed by atoms with E-state index in [2.05, 4.69) is 21.8 Å². The highest BCUT2D eigenvalue weighted by Gasteiger charge is 2.20.